The molecule has 4 rings (SSSR count). The van der Waals surface area contributed by atoms with Gasteiger partial charge in [-0.05, 0) is 84.3 Å². The molecule has 0 bridgehead atoms. The van der Waals surface area contributed by atoms with Crippen molar-refractivity contribution in [1.29, 1.82) is 0 Å². The summed E-state index contributed by atoms with van der Waals surface area (Å²) < 4.78 is 5.74. The predicted molar refractivity (Wildman–Crippen MR) is 169 cm³/mol. The zero-order valence-electron chi connectivity index (χ0n) is 27.4. The summed E-state index contributed by atoms with van der Waals surface area (Å²) in [4.78, 5) is 47.0. The third-order valence-corrected chi connectivity index (χ3v) is 8.54. The van der Waals surface area contributed by atoms with Crippen LogP contribution in [0.5, 0.6) is 0 Å². The average Bonchev–Trinajstić information content (AvgIpc) is 3.65. The molecular formula is C33H52N6O5. The van der Waals surface area contributed by atoms with E-state index in [9.17, 15) is 19.5 Å². The molecule has 0 aromatic heterocycles. The summed E-state index contributed by atoms with van der Waals surface area (Å²) in [5.74, 6) is -0.362. The lowest BCUT2D eigenvalue weighted by molar-refractivity contribution is -0.143. The Morgan fingerprint density at radius 3 is 2.34 bits per heavy atom. The highest BCUT2D eigenvalue weighted by molar-refractivity contribution is 5.85. The maximum Gasteiger partial charge on any atom is 0.410 e. The van der Waals surface area contributed by atoms with Gasteiger partial charge < -0.3 is 24.5 Å². The van der Waals surface area contributed by atoms with Crippen LogP contribution in [-0.2, 0) is 14.3 Å². The number of hydrogen-bond acceptors (Lipinski definition) is 8. The number of hydrogen-bond donors (Lipinski definition) is 1. The molecule has 3 aliphatic heterocycles. The van der Waals surface area contributed by atoms with Crippen LogP contribution < -0.4 is 5.01 Å². The first kappa shape index (κ1) is 33.7. The monoisotopic (exact) mass is 612 g/mol. The van der Waals surface area contributed by atoms with Gasteiger partial charge in [0, 0.05) is 39.3 Å². The summed E-state index contributed by atoms with van der Waals surface area (Å²) in [5, 5.41) is 20.3. The van der Waals surface area contributed by atoms with Gasteiger partial charge in [0.2, 0.25) is 5.91 Å². The summed E-state index contributed by atoms with van der Waals surface area (Å²) in [6.45, 7) is 14.2. The van der Waals surface area contributed by atoms with Gasteiger partial charge in [0.25, 0.3) is 5.91 Å². The van der Waals surface area contributed by atoms with E-state index in [-0.39, 0.29) is 49.5 Å². The fourth-order valence-electron chi connectivity index (χ4n) is 6.42. The second-order valence-electron chi connectivity index (χ2n) is 14.0. The highest BCUT2D eigenvalue weighted by Gasteiger charge is 2.45. The van der Waals surface area contributed by atoms with Crippen LogP contribution in [0, 0.1) is 18.8 Å². The number of carbonyl (C=O) groups excluding carboxylic acids is 3. The Labute approximate surface area is 262 Å². The maximum atomic E-state index is 14.6. The van der Waals surface area contributed by atoms with E-state index in [1.54, 1.807) is 4.90 Å². The molecule has 1 N–H and O–H groups in total. The van der Waals surface area contributed by atoms with Crippen LogP contribution in [0.2, 0.25) is 0 Å². The van der Waals surface area contributed by atoms with Crippen molar-refractivity contribution < 1.29 is 24.2 Å². The fourth-order valence-corrected chi connectivity index (χ4v) is 6.42. The van der Waals surface area contributed by atoms with Crippen LogP contribution in [-0.4, -0.2) is 101 Å². The van der Waals surface area contributed by atoms with Crippen molar-refractivity contribution in [3.05, 3.63) is 29.8 Å². The zero-order chi connectivity index (χ0) is 32.0. The molecule has 2 fully saturated rings. The Morgan fingerprint density at radius 1 is 1.05 bits per heavy atom. The molecular weight excluding hydrogens is 560 g/mol. The number of aliphatic hydroxyl groups is 1. The van der Waals surface area contributed by atoms with Gasteiger partial charge >= 0.3 is 6.09 Å². The minimum atomic E-state index is -0.738. The summed E-state index contributed by atoms with van der Waals surface area (Å²) >= 11 is 0. The molecule has 3 amide bonds. The molecule has 244 valence electrons. The Hall–Kier alpha value is -3.21. The summed E-state index contributed by atoms with van der Waals surface area (Å²) in [6.07, 6.45) is 3.97. The van der Waals surface area contributed by atoms with Gasteiger partial charge in [-0.3, -0.25) is 9.59 Å². The van der Waals surface area contributed by atoms with Crippen molar-refractivity contribution in [2.45, 2.75) is 104 Å². The molecule has 44 heavy (non-hydrogen) atoms. The molecule has 4 atom stereocenters. The molecule has 11 nitrogen and oxygen atoms in total. The van der Waals surface area contributed by atoms with Crippen LogP contribution in [0.1, 0.15) is 78.7 Å². The third kappa shape index (κ3) is 8.49. The molecule has 3 aliphatic rings. The van der Waals surface area contributed by atoms with E-state index in [4.69, 9.17) is 4.74 Å². The summed E-state index contributed by atoms with van der Waals surface area (Å²) in [7, 11) is 0. The lowest BCUT2D eigenvalue weighted by atomic mass is 9.90. The molecule has 2 saturated heterocycles. The third-order valence-electron chi connectivity index (χ3n) is 8.54. The number of unbranched alkanes of at least 4 members (excludes halogenated alkanes) is 1. The van der Waals surface area contributed by atoms with E-state index in [2.05, 4.69) is 24.2 Å². The van der Waals surface area contributed by atoms with Crippen LogP contribution in [0.25, 0.3) is 0 Å². The topological polar surface area (TPSA) is 118 Å². The Balaban J connectivity index is 1.63. The van der Waals surface area contributed by atoms with Gasteiger partial charge in [0.15, 0.2) is 6.04 Å². The minimum Gasteiger partial charge on any atom is -0.444 e. The second kappa shape index (κ2) is 14.7. The SMILES string of the molecule is Cc1ccc(N2N=NC(C(=O)N(CC(C)C)[C@H]3CC(C(=O)N4CCCC4)CN(C(=O)OC(C)(C)C)C3)C2CCCCO)cc1. The summed E-state index contributed by atoms with van der Waals surface area (Å²) in [6, 6.07) is 6.59. The number of piperidine rings is 1. The lowest BCUT2D eigenvalue weighted by Crippen LogP contribution is -2.60. The number of anilines is 1. The van der Waals surface area contributed by atoms with Gasteiger partial charge in [0.1, 0.15) is 5.60 Å². The van der Waals surface area contributed by atoms with Gasteiger partial charge in [-0.25, -0.2) is 9.80 Å². The van der Waals surface area contributed by atoms with Crippen molar-refractivity contribution in [2.75, 3.05) is 44.3 Å². The van der Waals surface area contributed by atoms with Crippen molar-refractivity contribution in [1.82, 2.24) is 14.7 Å². The smallest absolute Gasteiger partial charge is 0.410 e. The predicted octanol–water partition coefficient (Wildman–Crippen LogP) is 4.81. The van der Waals surface area contributed by atoms with Crippen LogP contribution >= 0.6 is 0 Å². The highest BCUT2D eigenvalue weighted by atomic mass is 16.6. The first-order valence-electron chi connectivity index (χ1n) is 16.3. The van der Waals surface area contributed by atoms with E-state index < -0.39 is 23.7 Å². The number of likely N-dealkylation sites (tertiary alicyclic amines) is 2. The van der Waals surface area contributed by atoms with Crippen molar-refractivity contribution in [2.24, 2.45) is 22.2 Å². The second-order valence-corrected chi connectivity index (χ2v) is 14.0. The van der Waals surface area contributed by atoms with E-state index in [0.29, 0.717) is 25.8 Å². The van der Waals surface area contributed by atoms with Crippen LogP contribution in [0.3, 0.4) is 0 Å². The lowest BCUT2D eigenvalue weighted by Gasteiger charge is -2.44. The Kier molecular flexibility index (Phi) is 11.3. The molecule has 0 spiro atoms. The average molecular weight is 613 g/mol. The number of aryl methyl sites for hydroxylation is 1. The normalized spacial score (nSPS) is 23.9. The van der Waals surface area contributed by atoms with Crippen LogP contribution in [0.4, 0.5) is 10.5 Å². The number of aliphatic hydroxyl groups excluding tert-OH is 1. The fraction of sp³-hybridized carbons (Fsp3) is 0.727. The number of carbonyl (C=O) groups is 3. The van der Waals surface area contributed by atoms with Gasteiger partial charge in [-0.15, -0.1) is 0 Å². The zero-order valence-corrected chi connectivity index (χ0v) is 27.4. The highest BCUT2D eigenvalue weighted by Crippen LogP contribution is 2.33. The molecule has 0 saturated carbocycles. The van der Waals surface area contributed by atoms with Crippen LogP contribution in [0.15, 0.2) is 34.6 Å². The van der Waals surface area contributed by atoms with Crippen molar-refractivity contribution in [3.8, 4) is 0 Å². The quantitative estimate of drug-likeness (QED) is 0.379. The maximum absolute atomic E-state index is 14.6. The van der Waals surface area contributed by atoms with Gasteiger partial charge in [0.05, 0.1) is 23.7 Å². The molecule has 0 aliphatic carbocycles. The van der Waals surface area contributed by atoms with E-state index in [1.165, 1.54) is 0 Å². The largest absolute Gasteiger partial charge is 0.444 e. The van der Waals surface area contributed by atoms with Crippen molar-refractivity contribution >= 4 is 23.6 Å². The molecule has 1 aromatic carbocycles. The number of benzene rings is 1. The number of ether oxygens (including phenoxy) is 1. The molecule has 11 heteroatoms. The Bertz CT molecular complexity index is 1160. The summed E-state index contributed by atoms with van der Waals surface area (Å²) in [5.41, 5.74) is 1.31. The number of rotatable bonds is 10. The van der Waals surface area contributed by atoms with Crippen molar-refractivity contribution in [3.63, 3.8) is 0 Å². The van der Waals surface area contributed by atoms with E-state index >= 15 is 0 Å². The Morgan fingerprint density at radius 2 is 1.73 bits per heavy atom. The first-order valence-corrected chi connectivity index (χ1v) is 16.3. The molecule has 0 radical (unpaired) electrons. The van der Waals surface area contributed by atoms with E-state index in [1.807, 2.05) is 66.8 Å². The van der Waals surface area contributed by atoms with Gasteiger partial charge in [-0.2, -0.15) is 5.11 Å². The van der Waals surface area contributed by atoms with Gasteiger partial charge in [-0.1, -0.05) is 36.8 Å². The number of nitrogens with zero attached hydrogens (tertiary/aromatic N) is 6. The minimum absolute atomic E-state index is 0.0469. The first-order chi connectivity index (χ1) is 20.9. The number of amides is 3. The van der Waals surface area contributed by atoms with E-state index in [0.717, 1.165) is 43.6 Å². The molecule has 3 heterocycles. The molecule has 1 aromatic rings. The molecule has 3 unspecified atom stereocenters. The standard InChI is InChI=1S/C33H52N6O5/c1-23(2)20-38(31(42)29-28(11-7-10-18-40)39(35-34-29)26-14-12-24(3)13-15-26)27-19-25(30(41)36-16-8-9-17-36)21-37(22-27)32(43)44-33(4,5)6/h12-15,23,25,27-29,40H,7-11,16-22H2,1-6H3/t25?,27-,28?,29?/m0/s1.